The Kier molecular flexibility index (Phi) is 3.38. The number of hydrogen-bond acceptors (Lipinski definition) is 2. The predicted molar refractivity (Wildman–Crippen MR) is 58.0 cm³/mol. The third kappa shape index (κ3) is 1.90. The van der Waals surface area contributed by atoms with Crippen LogP contribution in [0.15, 0.2) is 34.7 Å². The second-order valence-electron chi connectivity index (χ2n) is 2.15. The smallest absolute Gasteiger partial charge is 0.0769 e. The van der Waals surface area contributed by atoms with E-state index < -0.39 is 0 Å². The summed E-state index contributed by atoms with van der Waals surface area (Å²) in [7, 11) is 0. The summed E-state index contributed by atoms with van der Waals surface area (Å²) >= 11 is 9.91. The summed E-state index contributed by atoms with van der Waals surface area (Å²) in [6, 6.07) is 7.44. The molecule has 0 spiro atoms. The first-order valence-electron chi connectivity index (χ1n) is 3.35. The Balaban J connectivity index is 3.18. The molecule has 0 aromatic heterocycles. The van der Waals surface area contributed by atoms with Gasteiger partial charge in [0.25, 0.3) is 0 Å². The second-order valence-corrected chi connectivity index (χ2v) is 2.82. The summed E-state index contributed by atoms with van der Waals surface area (Å²) in [4.78, 5) is 3.79. The first-order valence-corrected chi connectivity index (χ1v) is 4.25. The van der Waals surface area contributed by atoms with Crippen molar-refractivity contribution in [1.82, 2.24) is 0 Å². The standard InChI is InChI=1S/C9H8ClNS/c1-11-9(6-12)7-4-2-3-5-8(7)10/h2-6,12H,1H2/b9-6-. The lowest BCUT2D eigenvalue weighted by atomic mass is 10.2. The molecule has 0 aliphatic heterocycles. The Bertz CT molecular complexity index is 320. The first kappa shape index (κ1) is 9.36. The zero-order valence-electron chi connectivity index (χ0n) is 6.37. The maximum Gasteiger partial charge on any atom is 0.0769 e. The molecule has 0 saturated heterocycles. The highest BCUT2D eigenvalue weighted by atomic mass is 35.5. The van der Waals surface area contributed by atoms with Crippen molar-refractivity contribution in [2.45, 2.75) is 0 Å². The van der Waals surface area contributed by atoms with Gasteiger partial charge in [-0.05, 0) is 18.2 Å². The molecule has 1 aromatic carbocycles. The number of benzene rings is 1. The van der Waals surface area contributed by atoms with Gasteiger partial charge in [-0.1, -0.05) is 29.8 Å². The van der Waals surface area contributed by atoms with Crippen LogP contribution in [0.5, 0.6) is 0 Å². The predicted octanol–water partition coefficient (Wildman–Crippen LogP) is 3.27. The molecule has 0 N–H and O–H groups in total. The molecule has 1 nitrogen and oxygen atoms in total. The fourth-order valence-corrected chi connectivity index (χ4v) is 1.32. The van der Waals surface area contributed by atoms with Gasteiger partial charge < -0.3 is 0 Å². The van der Waals surface area contributed by atoms with Crippen molar-refractivity contribution in [1.29, 1.82) is 0 Å². The van der Waals surface area contributed by atoms with Crippen molar-refractivity contribution < 1.29 is 0 Å². The van der Waals surface area contributed by atoms with Crippen molar-refractivity contribution in [3.63, 3.8) is 0 Å². The molecule has 3 heteroatoms. The SMILES string of the molecule is C=N/C(=C\S)c1ccccc1Cl. The molecule has 0 fully saturated rings. The Labute approximate surface area is 82.2 Å². The van der Waals surface area contributed by atoms with Crippen LogP contribution in [0.1, 0.15) is 5.56 Å². The van der Waals surface area contributed by atoms with Crippen LogP contribution in [0, 0.1) is 0 Å². The summed E-state index contributed by atoms with van der Waals surface area (Å²) < 4.78 is 0. The molecular formula is C9H8ClNS. The Morgan fingerprint density at radius 1 is 1.50 bits per heavy atom. The summed E-state index contributed by atoms with van der Waals surface area (Å²) in [6.45, 7) is 3.42. The lowest BCUT2D eigenvalue weighted by Gasteiger charge is -2.01. The maximum atomic E-state index is 5.91. The highest BCUT2D eigenvalue weighted by molar-refractivity contribution is 7.83. The minimum absolute atomic E-state index is 0.658. The Morgan fingerprint density at radius 2 is 2.17 bits per heavy atom. The lowest BCUT2D eigenvalue weighted by Crippen LogP contribution is -1.80. The van der Waals surface area contributed by atoms with Gasteiger partial charge in [0.1, 0.15) is 0 Å². The van der Waals surface area contributed by atoms with Gasteiger partial charge in [0, 0.05) is 10.6 Å². The van der Waals surface area contributed by atoms with E-state index in [1.165, 1.54) is 0 Å². The molecule has 62 valence electrons. The number of aliphatic imine (C=N–C) groups is 1. The molecule has 0 radical (unpaired) electrons. The summed E-state index contributed by atoms with van der Waals surface area (Å²) in [5.74, 6) is 0. The van der Waals surface area contributed by atoms with Crippen molar-refractivity contribution in [2.24, 2.45) is 4.99 Å². The zero-order valence-corrected chi connectivity index (χ0v) is 8.02. The van der Waals surface area contributed by atoms with Gasteiger partial charge in [0.15, 0.2) is 0 Å². The van der Waals surface area contributed by atoms with Gasteiger partial charge in [-0.2, -0.15) is 0 Å². The normalized spacial score (nSPS) is 11.3. The van der Waals surface area contributed by atoms with Gasteiger partial charge in [-0.25, -0.2) is 0 Å². The molecule has 0 saturated carbocycles. The number of hydrogen-bond donors (Lipinski definition) is 1. The molecule has 1 rings (SSSR count). The summed E-state index contributed by atoms with van der Waals surface area (Å²) in [5, 5.41) is 2.24. The molecule has 0 heterocycles. The van der Waals surface area contributed by atoms with Gasteiger partial charge in [-0.15, -0.1) is 12.6 Å². The highest BCUT2D eigenvalue weighted by Gasteiger charge is 2.01. The van der Waals surface area contributed by atoms with E-state index in [1.54, 1.807) is 11.5 Å². The second kappa shape index (κ2) is 4.33. The number of halogens is 1. The van der Waals surface area contributed by atoms with E-state index in [0.29, 0.717) is 10.7 Å². The molecular weight excluding hydrogens is 190 g/mol. The van der Waals surface area contributed by atoms with E-state index in [2.05, 4.69) is 24.3 Å². The third-order valence-electron chi connectivity index (χ3n) is 1.44. The van der Waals surface area contributed by atoms with Crippen LogP contribution in [0.2, 0.25) is 5.02 Å². The van der Waals surface area contributed by atoms with Crippen LogP contribution in [0.4, 0.5) is 0 Å². The third-order valence-corrected chi connectivity index (χ3v) is 2.02. The van der Waals surface area contributed by atoms with Crippen LogP contribution in [-0.2, 0) is 0 Å². The lowest BCUT2D eigenvalue weighted by molar-refractivity contribution is 1.53. The van der Waals surface area contributed by atoms with Gasteiger partial charge >= 0.3 is 0 Å². The minimum atomic E-state index is 0.658. The zero-order chi connectivity index (χ0) is 8.97. The van der Waals surface area contributed by atoms with Crippen molar-refractivity contribution in [2.75, 3.05) is 0 Å². The largest absolute Gasteiger partial charge is 0.263 e. The molecule has 0 bridgehead atoms. The van der Waals surface area contributed by atoms with Crippen LogP contribution in [0.3, 0.4) is 0 Å². The molecule has 0 atom stereocenters. The van der Waals surface area contributed by atoms with E-state index >= 15 is 0 Å². The van der Waals surface area contributed by atoms with E-state index in [1.807, 2.05) is 18.2 Å². The molecule has 0 amide bonds. The van der Waals surface area contributed by atoms with Crippen LogP contribution in [-0.4, -0.2) is 6.72 Å². The topological polar surface area (TPSA) is 12.4 Å². The maximum absolute atomic E-state index is 5.91. The molecule has 1 aromatic rings. The first-order chi connectivity index (χ1) is 5.79. The Hall–Kier alpha value is -0.730. The van der Waals surface area contributed by atoms with Crippen LogP contribution >= 0.6 is 24.2 Å². The molecule has 0 unspecified atom stereocenters. The van der Waals surface area contributed by atoms with E-state index in [-0.39, 0.29) is 0 Å². The molecule has 0 aliphatic rings. The van der Waals surface area contributed by atoms with E-state index in [9.17, 15) is 0 Å². The minimum Gasteiger partial charge on any atom is -0.263 e. The van der Waals surface area contributed by atoms with Crippen molar-refractivity contribution >= 4 is 36.6 Å². The summed E-state index contributed by atoms with van der Waals surface area (Å²) in [5.41, 5.74) is 1.54. The molecule has 12 heavy (non-hydrogen) atoms. The monoisotopic (exact) mass is 197 g/mol. The highest BCUT2D eigenvalue weighted by Crippen LogP contribution is 2.24. The van der Waals surface area contributed by atoms with E-state index in [4.69, 9.17) is 11.6 Å². The fraction of sp³-hybridized carbons (Fsp3) is 0. The van der Waals surface area contributed by atoms with Crippen molar-refractivity contribution in [3.05, 3.63) is 40.3 Å². The fourth-order valence-electron chi connectivity index (χ4n) is 0.864. The average Bonchev–Trinajstić information content (AvgIpc) is 2.10. The van der Waals surface area contributed by atoms with Crippen molar-refractivity contribution in [3.8, 4) is 0 Å². The van der Waals surface area contributed by atoms with Crippen LogP contribution in [0.25, 0.3) is 5.70 Å². The quantitative estimate of drug-likeness (QED) is 0.552. The van der Waals surface area contributed by atoms with Gasteiger partial charge in [0.05, 0.1) is 5.70 Å². The molecule has 0 aliphatic carbocycles. The Morgan fingerprint density at radius 3 is 2.67 bits per heavy atom. The van der Waals surface area contributed by atoms with Gasteiger partial charge in [-0.3, -0.25) is 4.99 Å². The van der Waals surface area contributed by atoms with Crippen LogP contribution < -0.4 is 0 Å². The number of nitrogens with zero attached hydrogens (tertiary/aromatic N) is 1. The van der Waals surface area contributed by atoms with Gasteiger partial charge in [0.2, 0.25) is 0 Å². The number of rotatable bonds is 2. The number of thiol groups is 1. The van der Waals surface area contributed by atoms with E-state index in [0.717, 1.165) is 5.56 Å². The summed E-state index contributed by atoms with van der Waals surface area (Å²) in [6.07, 6.45) is 0. The average molecular weight is 198 g/mol.